The molecule has 1 aliphatic rings. The normalized spacial score (nSPS) is 21.8. The molecule has 0 saturated heterocycles. The summed E-state index contributed by atoms with van der Waals surface area (Å²) < 4.78 is 0. The van der Waals surface area contributed by atoms with Crippen LogP contribution in [0.25, 0.3) is 0 Å². The molecule has 0 bridgehead atoms. The molecule has 0 amide bonds. The SMILES string of the molecule is C=N[C@@]1(c2c(O)cc(CCCCC)c(C(=O)O)c2O)C=C(C)CC[C@H]1C(=C)C. The van der Waals surface area contributed by atoms with Crippen LogP contribution in [0.15, 0.2) is 34.9 Å². The van der Waals surface area contributed by atoms with E-state index < -0.39 is 17.3 Å². The van der Waals surface area contributed by atoms with Crippen LogP contribution in [0.1, 0.15) is 74.4 Å². The van der Waals surface area contributed by atoms with E-state index in [1.54, 1.807) is 0 Å². The van der Waals surface area contributed by atoms with Gasteiger partial charge in [0, 0.05) is 5.92 Å². The molecule has 1 aromatic carbocycles. The van der Waals surface area contributed by atoms with Crippen LogP contribution in [0.3, 0.4) is 0 Å². The average Bonchev–Trinajstić information content (AvgIpc) is 2.60. The quantitative estimate of drug-likeness (QED) is 0.319. The van der Waals surface area contributed by atoms with E-state index in [-0.39, 0.29) is 22.8 Å². The molecule has 0 fully saturated rings. The van der Waals surface area contributed by atoms with Crippen LogP contribution in [-0.2, 0) is 12.0 Å². The molecule has 0 unspecified atom stereocenters. The standard InChI is InChI=1S/C23H31NO4/c1-6-7-8-9-16-12-18(25)20(21(26)19(16)22(27)28)23(24-5)13-15(4)10-11-17(23)14(2)3/h12-13,17,25-26H,2,5-11H2,1,3-4H3,(H,27,28)/t17-,23-/m0/s1. The summed E-state index contributed by atoms with van der Waals surface area (Å²) in [5.74, 6) is -1.99. The minimum absolute atomic E-state index is 0.103. The van der Waals surface area contributed by atoms with Crippen molar-refractivity contribution < 1.29 is 20.1 Å². The summed E-state index contributed by atoms with van der Waals surface area (Å²) in [5.41, 5.74) is 1.12. The van der Waals surface area contributed by atoms with Crippen LogP contribution in [0.5, 0.6) is 11.5 Å². The smallest absolute Gasteiger partial charge is 0.339 e. The predicted octanol–water partition coefficient (Wildman–Crippen LogP) is 5.36. The van der Waals surface area contributed by atoms with Crippen molar-refractivity contribution in [3.63, 3.8) is 0 Å². The molecule has 0 aliphatic heterocycles. The maximum absolute atomic E-state index is 12.0. The lowest BCUT2D eigenvalue weighted by Gasteiger charge is -2.40. The number of aromatic carboxylic acids is 1. The lowest BCUT2D eigenvalue weighted by Crippen LogP contribution is -2.35. The van der Waals surface area contributed by atoms with E-state index in [0.29, 0.717) is 12.0 Å². The van der Waals surface area contributed by atoms with Crippen molar-refractivity contribution in [3.8, 4) is 11.5 Å². The second-order valence-corrected chi connectivity index (χ2v) is 7.83. The van der Waals surface area contributed by atoms with E-state index in [4.69, 9.17) is 0 Å². The highest BCUT2D eigenvalue weighted by Gasteiger charge is 2.45. The Labute approximate surface area is 167 Å². The zero-order chi connectivity index (χ0) is 21.1. The first-order chi connectivity index (χ1) is 13.2. The number of aliphatic imine (C=N–C) groups is 1. The molecule has 5 nitrogen and oxygen atoms in total. The summed E-state index contributed by atoms with van der Waals surface area (Å²) in [6, 6.07) is 1.47. The van der Waals surface area contributed by atoms with Crippen molar-refractivity contribution in [2.45, 2.75) is 64.8 Å². The number of carbonyl (C=O) groups is 1. The van der Waals surface area contributed by atoms with E-state index in [2.05, 4.69) is 25.2 Å². The molecule has 1 aromatic rings. The Balaban J connectivity index is 2.77. The van der Waals surface area contributed by atoms with Crippen molar-refractivity contribution >= 4 is 12.7 Å². The van der Waals surface area contributed by atoms with E-state index in [1.165, 1.54) is 6.07 Å². The van der Waals surface area contributed by atoms with E-state index in [9.17, 15) is 20.1 Å². The number of rotatable bonds is 8. The van der Waals surface area contributed by atoms with Crippen molar-refractivity contribution in [1.29, 1.82) is 0 Å². The topological polar surface area (TPSA) is 90.1 Å². The third-order valence-electron chi connectivity index (χ3n) is 5.71. The molecule has 1 aliphatic carbocycles. The molecule has 5 heteroatoms. The number of carboxylic acids is 1. The number of carboxylic acid groups (broad SMARTS) is 1. The number of nitrogens with zero attached hydrogens (tertiary/aromatic N) is 1. The van der Waals surface area contributed by atoms with Crippen LogP contribution < -0.4 is 0 Å². The number of phenolic OH excluding ortho intramolecular Hbond substituents is 1. The largest absolute Gasteiger partial charge is 0.507 e. The van der Waals surface area contributed by atoms with Gasteiger partial charge in [-0.25, -0.2) is 4.79 Å². The van der Waals surface area contributed by atoms with Gasteiger partial charge < -0.3 is 15.3 Å². The molecule has 0 aromatic heterocycles. The lowest BCUT2D eigenvalue weighted by molar-refractivity contribution is 0.0692. The van der Waals surface area contributed by atoms with Gasteiger partial charge in [0.15, 0.2) is 0 Å². The fraction of sp³-hybridized carbons (Fsp3) is 0.478. The number of hydrogen-bond donors (Lipinski definition) is 3. The minimum atomic E-state index is -1.21. The van der Waals surface area contributed by atoms with Crippen molar-refractivity contribution in [1.82, 2.24) is 0 Å². The van der Waals surface area contributed by atoms with Gasteiger partial charge in [0.2, 0.25) is 0 Å². The van der Waals surface area contributed by atoms with Gasteiger partial charge in [-0.15, -0.1) is 0 Å². The summed E-state index contributed by atoms with van der Waals surface area (Å²) >= 11 is 0. The molecular formula is C23H31NO4. The highest BCUT2D eigenvalue weighted by Crippen LogP contribution is 2.52. The number of unbranched alkanes of at least 4 members (excludes halogenated alkanes) is 2. The first kappa shape index (κ1) is 21.7. The molecule has 0 spiro atoms. The van der Waals surface area contributed by atoms with Gasteiger partial charge in [-0.1, -0.05) is 43.6 Å². The monoisotopic (exact) mass is 385 g/mol. The first-order valence-electron chi connectivity index (χ1n) is 9.82. The third kappa shape index (κ3) is 3.84. The summed E-state index contributed by atoms with van der Waals surface area (Å²) in [6.45, 7) is 13.7. The van der Waals surface area contributed by atoms with Crippen molar-refractivity contribution in [2.24, 2.45) is 10.9 Å². The number of aromatic hydroxyl groups is 2. The molecule has 3 N–H and O–H groups in total. The van der Waals surface area contributed by atoms with Crippen LogP contribution in [-0.4, -0.2) is 28.0 Å². The number of phenols is 2. The number of benzene rings is 1. The molecule has 28 heavy (non-hydrogen) atoms. The van der Waals surface area contributed by atoms with Gasteiger partial charge >= 0.3 is 5.97 Å². The maximum Gasteiger partial charge on any atom is 0.339 e. The zero-order valence-corrected chi connectivity index (χ0v) is 17.1. The molecular weight excluding hydrogens is 354 g/mol. The number of aryl methyl sites for hydroxylation is 1. The highest BCUT2D eigenvalue weighted by atomic mass is 16.4. The van der Waals surface area contributed by atoms with E-state index in [0.717, 1.165) is 43.3 Å². The Hall–Kier alpha value is -2.56. The molecule has 152 valence electrons. The summed E-state index contributed by atoms with van der Waals surface area (Å²) in [7, 11) is 0. The zero-order valence-electron chi connectivity index (χ0n) is 17.1. The first-order valence-corrected chi connectivity index (χ1v) is 9.82. The van der Waals surface area contributed by atoms with Gasteiger partial charge in [-0.3, -0.25) is 4.99 Å². The Morgan fingerprint density at radius 2 is 2.04 bits per heavy atom. The highest BCUT2D eigenvalue weighted by molar-refractivity contribution is 5.94. The number of hydrogen-bond acceptors (Lipinski definition) is 4. The van der Waals surface area contributed by atoms with Crippen LogP contribution in [0.2, 0.25) is 0 Å². The Morgan fingerprint density at radius 1 is 1.36 bits per heavy atom. The van der Waals surface area contributed by atoms with E-state index >= 15 is 0 Å². The predicted molar refractivity (Wildman–Crippen MR) is 112 cm³/mol. The molecule has 2 rings (SSSR count). The van der Waals surface area contributed by atoms with Crippen LogP contribution in [0, 0.1) is 5.92 Å². The Bertz CT molecular complexity index is 824. The van der Waals surface area contributed by atoms with Gasteiger partial charge in [0.05, 0.1) is 5.56 Å². The lowest BCUT2D eigenvalue weighted by atomic mass is 9.67. The van der Waals surface area contributed by atoms with Crippen LogP contribution in [0.4, 0.5) is 0 Å². The molecule has 0 radical (unpaired) electrons. The van der Waals surface area contributed by atoms with Gasteiger partial charge in [-0.05, 0) is 57.9 Å². The minimum Gasteiger partial charge on any atom is -0.507 e. The Morgan fingerprint density at radius 3 is 2.57 bits per heavy atom. The van der Waals surface area contributed by atoms with Gasteiger partial charge in [-0.2, -0.15) is 0 Å². The number of allylic oxidation sites excluding steroid dienone is 1. The fourth-order valence-electron chi connectivity index (χ4n) is 4.35. The molecule has 0 heterocycles. The van der Waals surface area contributed by atoms with Crippen molar-refractivity contribution in [3.05, 3.63) is 46.6 Å². The summed E-state index contributed by atoms with van der Waals surface area (Å²) in [4.78, 5) is 16.3. The van der Waals surface area contributed by atoms with Crippen LogP contribution >= 0.6 is 0 Å². The maximum atomic E-state index is 12.0. The van der Waals surface area contributed by atoms with Gasteiger partial charge in [0.1, 0.15) is 22.6 Å². The second-order valence-electron chi connectivity index (χ2n) is 7.83. The average molecular weight is 386 g/mol. The second kappa shape index (κ2) is 8.63. The fourth-order valence-corrected chi connectivity index (χ4v) is 4.35. The summed E-state index contributed by atoms with van der Waals surface area (Å²) in [6.07, 6.45) is 6.65. The molecule has 2 atom stereocenters. The third-order valence-corrected chi connectivity index (χ3v) is 5.71. The summed E-state index contributed by atoms with van der Waals surface area (Å²) in [5, 5.41) is 31.7. The van der Waals surface area contributed by atoms with Crippen molar-refractivity contribution in [2.75, 3.05) is 0 Å². The molecule has 0 saturated carbocycles. The van der Waals surface area contributed by atoms with Gasteiger partial charge in [0.25, 0.3) is 0 Å². The van der Waals surface area contributed by atoms with E-state index in [1.807, 2.05) is 19.9 Å². The Kier molecular flexibility index (Phi) is 6.70.